The number of amides is 1. The number of nitrogens with one attached hydrogen (secondary N) is 1. The second kappa shape index (κ2) is 6.63. The van der Waals surface area contributed by atoms with E-state index in [0.717, 1.165) is 29.0 Å². The Labute approximate surface area is 152 Å². The second-order valence-electron chi connectivity index (χ2n) is 6.65. The molecule has 0 spiro atoms. The third-order valence-electron chi connectivity index (χ3n) is 4.74. The Morgan fingerprint density at radius 1 is 1.19 bits per heavy atom. The summed E-state index contributed by atoms with van der Waals surface area (Å²) in [6.45, 7) is 4.81. The first-order valence-corrected chi connectivity index (χ1v) is 8.76. The van der Waals surface area contributed by atoms with Crippen molar-refractivity contribution in [1.82, 2.24) is 14.8 Å². The summed E-state index contributed by atoms with van der Waals surface area (Å²) < 4.78 is 1.70. The van der Waals surface area contributed by atoms with Gasteiger partial charge in [-0.05, 0) is 56.2 Å². The number of fused-ring (bicyclic) bond motifs is 1. The van der Waals surface area contributed by atoms with E-state index in [0.29, 0.717) is 18.2 Å². The SMILES string of the molecule is Cc1cc(C(=O)N2CC[C@@H](C)Nc3ccccc32)ccc1-n1cncn1. The van der Waals surface area contributed by atoms with Gasteiger partial charge >= 0.3 is 0 Å². The number of carbonyl (C=O) groups excluding carboxylic acids is 1. The number of anilines is 2. The van der Waals surface area contributed by atoms with Crippen LogP contribution < -0.4 is 10.2 Å². The molecule has 1 amide bonds. The maximum absolute atomic E-state index is 13.2. The molecule has 1 atom stereocenters. The van der Waals surface area contributed by atoms with E-state index in [2.05, 4.69) is 22.3 Å². The molecule has 2 aromatic carbocycles. The average molecular weight is 347 g/mol. The molecular formula is C20H21N5O. The standard InChI is InChI=1S/C20H21N5O/c1-14-11-16(7-8-18(14)25-13-21-12-22-25)20(26)24-10-9-15(2)23-17-5-3-4-6-19(17)24/h3-8,11-13,15,23H,9-10H2,1-2H3/t15-/m1/s1. The number of rotatable bonds is 2. The second-order valence-corrected chi connectivity index (χ2v) is 6.65. The van der Waals surface area contributed by atoms with E-state index in [-0.39, 0.29) is 5.91 Å². The zero-order valence-electron chi connectivity index (χ0n) is 14.9. The molecule has 1 aromatic heterocycles. The Morgan fingerprint density at radius 3 is 2.81 bits per heavy atom. The third kappa shape index (κ3) is 2.94. The minimum atomic E-state index is 0.0154. The molecule has 0 bridgehead atoms. The summed E-state index contributed by atoms with van der Waals surface area (Å²) >= 11 is 0. The van der Waals surface area contributed by atoms with Gasteiger partial charge < -0.3 is 10.2 Å². The van der Waals surface area contributed by atoms with E-state index in [1.165, 1.54) is 6.33 Å². The normalized spacial score (nSPS) is 16.5. The van der Waals surface area contributed by atoms with Gasteiger partial charge in [0.2, 0.25) is 0 Å². The highest BCUT2D eigenvalue weighted by Gasteiger charge is 2.24. The fourth-order valence-electron chi connectivity index (χ4n) is 3.36. The Hall–Kier alpha value is -3.15. The number of hydrogen-bond acceptors (Lipinski definition) is 4. The molecule has 1 aliphatic heterocycles. The Bertz CT molecular complexity index is 935. The van der Waals surface area contributed by atoms with Crippen LogP contribution >= 0.6 is 0 Å². The molecule has 6 heteroatoms. The number of aromatic nitrogens is 3. The third-order valence-corrected chi connectivity index (χ3v) is 4.74. The highest BCUT2D eigenvalue weighted by atomic mass is 16.2. The van der Waals surface area contributed by atoms with Crippen molar-refractivity contribution in [1.29, 1.82) is 0 Å². The van der Waals surface area contributed by atoms with E-state index >= 15 is 0 Å². The van der Waals surface area contributed by atoms with E-state index in [1.807, 2.05) is 54.3 Å². The van der Waals surface area contributed by atoms with Crippen LogP contribution in [0, 0.1) is 6.92 Å². The van der Waals surface area contributed by atoms with Crippen molar-refractivity contribution in [2.24, 2.45) is 0 Å². The summed E-state index contributed by atoms with van der Waals surface area (Å²) in [5.74, 6) is 0.0154. The fourth-order valence-corrected chi connectivity index (χ4v) is 3.36. The predicted octanol–water partition coefficient (Wildman–Crippen LogP) is 3.43. The molecule has 132 valence electrons. The maximum atomic E-state index is 13.2. The largest absolute Gasteiger partial charge is 0.381 e. The van der Waals surface area contributed by atoms with E-state index in [9.17, 15) is 4.79 Å². The molecule has 0 saturated heterocycles. The molecule has 0 aliphatic carbocycles. The highest BCUT2D eigenvalue weighted by molar-refractivity contribution is 6.08. The first-order valence-electron chi connectivity index (χ1n) is 8.76. The van der Waals surface area contributed by atoms with Crippen LogP contribution in [0.1, 0.15) is 29.3 Å². The molecule has 4 rings (SSSR count). The van der Waals surface area contributed by atoms with Crippen molar-refractivity contribution < 1.29 is 4.79 Å². The number of hydrogen-bond donors (Lipinski definition) is 1. The van der Waals surface area contributed by atoms with Gasteiger partial charge in [-0.25, -0.2) is 9.67 Å². The van der Waals surface area contributed by atoms with Crippen LogP contribution in [0.5, 0.6) is 0 Å². The van der Waals surface area contributed by atoms with Gasteiger partial charge in [0, 0.05) is 18.2 Å². The van der Waals surface area contributed by atoms with Gasteiger partial charge in [0.15, 0.2) is 0 Å². The van der Waals surface area contributed by atoms with Gasteiger partial charge in [-0.1, -0.05) is 12.1 Å². The van der Waals surface area contributed by atoms with E-state index in [1.54, 1.807) is 11.0 Å². The smallest absolute Gasteiger partial charge is 0.258 e. The summed E-state index contributed by atoms with van der Waals surface area (Å²) in [6.07, 6.45) is 4.05. The van der Waals surface area contributed by atoms with Gasteiger partial charge in [0.1, 0.15) is 12.7 Å². The molecular weight excluding hydrogens is 326 g/mol. The lowest BCUT2D eigenvalue weighted by molar-refractivity contribution is 0.0987. The number of para-hydroxylation sites is 2. The topological polar surface area (TPSA) is 63.1 Å². The average Bonchev–Trinajstić information content (AvgIpc) is 3.11. The lowest BCUT2D eigenvalue weighted by atomic mass is 10.1. The van der Waals surface area contributed by atoms with Gasteiger partial charge in [-0.2, -0.15) is 5.10 Å². The summed E-state index contributed by atoms with van der Waals surface area (Å²) in [5.41, 5.74) is 4.51. The molecule has 1 N–H and O–H groups in total. The first-order chi connectivity index (χ1) is 12.6. The molecule has 3 aromatic rings. The van der Waals surface area contributed by atoms with Crippen LogP contribution in [0.4, 0.5) is 11.4 Å². The van der Waals surface area contributed by atoms with Gasteiger partial charge in [-0.3, -0.25) is 4.79 Å². The number of benzene rings is 2. The monoisotopic (exact) mass is 347 g/mol. The number of nitrogens with zero attached hydrogens (tertiary/aromatic N) is 4. The van der Waals surface area contributed by atoms with Crippen molar-refractivity contribution in [3.05, 3.63) is 66.2 Å². The minimum Gasteiger partial charge on any atom is -0.381 e. The molecule has 2 heterocycles. The summed E-state index contributed by atoms with van der Waals surface area (Å²) in [7, 11) is 0. The summed E-state index contributed by atoms with van der Waals surface area (Å²) in [6, 6.07) is 14.0. The van der Waals surface area contributed by atoms with E-state index in [4.69, 9.17) is 0 Å². The van der Waals surface area contributed by atoms with Crippen molar-refractivity contribution in [2.45, 2.75) is 26.3 Å². The van der Waals surface area contributed by atoms with Crippen molar-refractivity contribution in [2.75, 3.05) is 16.8 Å². The predicted molar refractivity (Wildman–Crippen MR) is 102 cm³/mol. The van der Waals surface area contributed by atoms with Gasteiger partial charge in [-0.15, -0.1) is 0 Å². The lowest BCUT2D eigenvalue weighted by Gasteiger charge is -2.23. The number of aryl methyl sites for hydroxylation is 1. The van der Waals surface area contributed by atoms with Crippen molar-refractivity contribution in [3.8, 4) is 5.69 Å². The molecule has 0 radical (unpaired) electrons. The quantitative estimate of drug-likeness (QED) is 0.771. The molecule has 0 fully saturated rings. The van der Waals surface area contributed by atoms with E-state index < -0.39 is 0 Å². The summed E-state index contributed by atoms with van der Waals surface area (Å²) in [5, 5.41) is 7.65. The van der Waals surface area contributed by atoms with Crippen LogP contribution in [0.2, 0.25) is 0 Å². The zero-order chi connectivity index (χ0) is 18.1. The molecule has 26 heavy (non-hydrogen) atoms. The van der Waals surface area contributed by atoms with Gasteiger partial charge in [0.05, 0.1) is 17.1 Å². The van der Waals surface area contributed by atoms with Crippen LogP contribution in [-0.2, 0) is 0 Å². The van der Waals surface area contributed by atoms with Crippen LogP contribution in [0.15, 0.2) is 55.1 Å². The van der Waals surface area contributed by atoms with Crippen molar-refractivity contribution >= 4 is 17.3 Å². The molecule has 0 unspecified atom stereocenters. The molecule has 0 saturated carbocycles. The van der Waals surface area contributed by atoms with Crippen LogP contribution in [0.3, 0.4) is 0 Å². The van der Waals surface area contributed by atoms with Crippen molar-refractivity contribution in [3.63, 3.8) is 0 Å². The number of carbonyl (C=O) groups is 1. The first kappa shape index (κ1) is 16.3. The molecule has 1 aliphatic rings. The minimum absolute atomic E-state index is 0.0154. The fraction of sp³-hybridized carbons (Fsp3) is 0.250. The Morgan fingerprint density at radius 2 is 2.04 bits per heavy atom. The zero-order valence-corrected chi connectivity index (χ0v) is 14.9. The Balaban J connectivity index is 1.69. The van der Waals surface area contributed by atoms with Crippen LogP contribution in [-0.4, -0.2) is 33.3 Å². The maximum Gasteiger partial charge on any atom is 0.258 e. The van der Waals surface area contributed by atoms with Crippen LogP contribution in [0.25, 0.3) is 5.69 Å². The highest BCUT2D eigenvalue weighted by Crippen LogP contribution is 2.31. The lowest BCUT2D eigenvalue weighted by Crippen LogP contribution is -2.32. The summed E-state index contributed by atoms with van der Waals surface area (Å²) in [4.78, 5) is 19.1. The Kier molecular flexibility index (Phi) is 4.16. The van der Waals surface area contributed by atoms with Gasteiger partial charge in [0.25, 0.3) is 5.91 Å². The molecule has 6 nitrogen and oxygen atoms in total.